The van der Waals surface area contributed by atoms with E-state index in [1.807, 2.05) is 24.3 Å². The van der Waals surface area contributed by atoms with Crippen molar-refractivity contribution in [2.24, 2.45) is 4.99 Å². The Morgan fingerprint density at radius 3 is 2.61 bits per heavy atom. The smallest absolute Gasteiger partial charge is 0.417 e. The predicted molar refractivity (Wildman–Crippen MR) is 104 cm³/mol. The maximum atomic E-state index is 12.5. The average Bonchev–Trinajstić information content (AvgIpc) is 2.70. The van der Waals surface area contributed by atoms with Crippen LogP contribution >= 0.6 is 0 Å². The van der Waals surface area contributed by atoms with Gasteiger partial charge in [-0.2, -0.15) is 13.2 Å². The van der Waals surface area contributed by atoms with Crippen molar-refractivity contribution in [1.82, 2.24) is 15.6 Å². The van der Waals surface area contributed by atoms with Crippen LogP contribution in [0, 0.1) is 0 Å². The van der Waals surface area contributed by atoms with E-state index in [4.69, 9.17) is 4.74 Å². The van der Waals surface area contributed by atoms with Crippen LogP contribution in [-0.2, 0) is 12.7 Å². The second-order valence-corrected chi connectivity index (χ2v) is 5.91. The van der Waals surface area contributed by atoms with Crippen molar-refractivity contribution in [2.75, 3.05) is 32.6 Å². The minimum absolute atomic E-state index is 0.411. The van der Waals surface area contributed by atoms with Crippen molar-refractivity contribution in [3.05, 3.63) is 53.7 Å². The fourth-order valence-corrected chi connectivity index (χ4v) is 2.37. The van der Waals surface area contributed by atoms with Crippen molar-refractivity contribution < 1.29 is 17.9 Å². The number of hydrogen-bond donors (Lipinski definition) is 3. The molecule has 0 aliphatic carbocycles. The number of methoxy groups -OCH3 is 1. The van der Waals surface area contributed by atoms with Gasteiger partial charge in [0.2, 0.25) is 0 Å². The van der Waals surface area contributed by atoms with E-state index < -0.39 is 11.7 Å². The maximum absolute atomic E-state index is 12.5. The minimum Gasteiger partial charge on any atom is -0.497 e. The van der Waals surface area contributed by atoms with Gasteiger partial charge in [0.25, 0.3) is 0 Å². The van der Waals surface area contributed by atoms with E-state index in [1.54, 1.807) is 14.2 Å². The Morgan fingerprint density at radius 2 is 1.96 bits per heavy atom. The molecule has 0 unspecified atom stereocenters. The number of benzene rings is 1. The molecule has 0 bridgehead atoms. The number of halogens is 3. The van der Waals surface area contributed by atoms with Crippen LogP contribution < -0.4 is 20.7 Å². The second-order valence-electron chi connectivity index (χ2n) is 5.91. The molecule has 0 atom stereocenters. The van der Waals surface area contributed by atoms with Gasteiger partial charge in [-0.25, -0.2) is 4.98 Å². The Bertz CT molecular complexity index is 763. The van der Waals surface area contributed by atoms with E-state index in [0.717, 1.165) is 30.0 Å². The van der Waals surface area contributed by atoms with Crippen molar-refractivity contribution >= 4 is 11.8 Å². The molecule has 0 aliphatic rings. The number of aliphatic imine (C=N–C) groups is 1. The lowest BCUT2D eigenvalue weighted by Gasteiger charge is -2.13. The number of ether oxygens (including phenoxy) is 1. The van der Waals surface area contributed by atoms with Crippen LogP contribution in [0.15, 0.2) is 47.6 Å². The summed E-state index contributed by atoms with van der Waals surface area (Å²) in [5.74, 6) is 1.87. The average molecular weight is 395 g/mol. The topological polar surface area (TPSA) is 70.6 Å². The molecule has 1 heterocycles. The highest BCUT2D eigenvalue weighted by atomic mass is 19.4. The summed E-state index contributed by atoms with van der Waals surface area (Å²) in [5.41, 5.74) is 0.308. The van der Waals surface area contributed by atoms with E-state index >= 15 is 0 Å². The van der Waals surface area contributed by atoms with Gasteiger partial charge < -0.3 is 20.7 Å². The van der Waals surface area contributed by atoms with Gasteiger partial charge in [0.15, 0.2) is 5.96 Å². The Hall–Kier alpha value is -2.97. The first-order chi connectivity index (χ1) is 13.4. The molecule has 0 radical (unpaired) electrons. The lowest BCUT2D eigenvalue weighted by atomic mass is 10.2. The van der Waals surface area contributed by atoms with Crippen molar-refractivity contribution in [2.45, 2.75) is 19.1 Å². The third-order valence-corrected chi connectivity index (χ3v) is 3.86. The van der Waals surface area contributed by atoms with Crippen LogP contribution in [0.25, 0.3) is 0 Å². The molecular formula is C19H24F3N5O. The van der Waals surface area contributed by atoms with Crippen LogP contribution in [0.2, 0.25) is 0 Å². The van der Waals surface area contributed by atoms with E-state index in [1.165, 1.54) is 6.07 Å². The Kier molecular flexibility index (Phi) is 7.91. The zero-order valence-corrected chi connectivity index (χ0v) is 15.8. The standard InChI is InChI=1S/C19H24F3N5O/c1-23-18(27-12-14-5-3-6-16(11-14)28-2)25-10-4-9-24-17-8-7-15(13-26-17)19(20,21)22/h3,5-8,11,13H,4,9-10,12H2,1-2H3,(H,24,26)(H2,23,25,27). The van der Waals surface area contributed by atoms with Gasteiger partial charge in [-0.3, -0.25) is 4.99 Å². The summed E-state index contributed by atoms with van der Waals surface area (Å²) in [7, 11) is 3.31. The zero-order valence-electron chi connectivity index (χ0n) is 15.8. The molecule has 3 N–H and O–H groups in total. The number of nitrogens with zero attached hydrogens (tertiary/aromatic N) is 2. The molecule has 0 aliphatic heterocycles. The molecule has 1 aromatic heterocycles. The molecule has 6 nitrogen and oxygen atoms in total. The van der Waals surface area contributed by atoms with Crippen LogP contribution in [0.3, 0.4) is 0 Å². The zero-order chi connectivity index (χ0) is 20.4. The highest BCUT2D eigenvalue weighted by molar-refractivity contribution is 5.79. The third kappa shape index (κ3) is 6.98. The first-order valence-corrected chi connectivity index (χ1v) is 8.77. The maximum Gasteiger partial charge on any atom is 0.417 e. The third-order valence-electron chi connectivity index (χ3n) is 3.86. The molecule has 1 aromatic carbocycles. The number of aromatic nitrogens is 1. The number of guanidine groups is 1. The molecule has 0 fully saturated rings. The van der Waals surface area contributed by atoms with E-state index in [9.17, 15) is 13.2 Å². The van der Waals surface area contributed by atoms with Crippen molar-refractivity contribution in [3.8, 4) is 5.75 Å². The van der Waals surface area contributed by atoms with Gasteiger partial charge in [0.05, 0.1) is 12.7 Å². The summed E-state index contributed by atoms with van der Waals surface area (Å²) >= 11 is 0. The molecular weight excluding hydrogens is 371 g/mol. The monoisotopic (exact) mass is 395 g/mol. The summed E-state index contributed by atoms with van der Waals surface area (Å²) in [6.07, 6.45) is -2.81. The number of pyridine rings is 1. The summed E-state index contributed by atoms with van der Waals surface area (Å²) in [6.45, 7) is 1.81. The number of nitrogens with one attached hydrogen (secondary N) is 3. The molecule has 28 heavy (non-hydrogen) atoms. The van der Waals surface area contributed by atoms with Gasteiger partial charge in [-0.15, -0.1) is 0 Å². The van der Waals surface area contributed by atoms with Crippen LogP contribution in [0.5, 0.6) is 5.75 Å². The highest BCUT2D eigenvalue weighted by Crippen LogP contribution is 2.28. The van der Waals surface area contributed by atoms with E-state index in [-0.39, 0.29) is 0 Å². The lowest BCUT2D eigenvalue weighted by Crippen LogP contribution is -2.37. The normalized spacial score (nSPS) is 11.8. The molecule has 0 spiro atoms. The van der Waals surface area contributed by atoms with Gasteiger partial charge in [-0.05, 0) is 36.2 Å². The molecule has 2 aromatic rings. The van der Waals surface area contributed by atoms with Crippen LogP contribution in [0.1, 0.15) is 17.5 Å². The Balaban J connectivity index is 1.67. The summed E-state index contributed by atoms with van der Waals surface area (Å²) in [6, 6.07) is 10.1. The van der Waals surface area contributed by atoms with Crippen molar-refractivity contribution in [1.29, 1.82) is 0 Å². The van der Waals surface area contributed by atoms with E-state index in [2.05, 4.69) is 25.9 Å². The Labute approximate surface area is 162 Å². The number of alkyl halides is 3. The number of anilines is 1. The SMILES string of the molecule is CN=C(NCCCNc1ccc(C(F)(F)F)cn1)NCc1cccc(OC)c1. The fourth-order valence-electron chi connectivity index (χ4n) is 2.37. The molecule has 2 rings (SSSR count). The lowest BCUT2D eigenvalue weighted by molar-refractivity contribution is -0.137. The van der Waals surface area contributed by atoms with Gasteiger partial charge in [-0.1, -0.05) is 12.1 Å². The van der Waals surface area contributed by atoms with Crippen LogP contribution in [-0.4, -0.2) is 38.2 Å². The van der Waals surface area contributed by atoms with E-state index in [0.29, 0.717) is 31.4 Å². The van der Waals surface area contributed by atoms with Gasteiger partial charge >= 0.3 is 6.18 Å². The first kappa shape index (κ1) is 21.3. The second kappa shape index (κ2) is 10.4. The molecule has 9 heteroatoms. The van der Waals surface area contributed by atoms with Crippen LogP contribution in [0.4, 0.5) is 19.0 Å². The highest BCUT2D eigenvalue weighted by Gasteiger charge is 2.30. The molecule has 0 saturated heterocycles. The largest absolute Gasteiger partial charge is 0.497 e. The van der Waals surface area contributed by atoms with Gasteiger partial charge in [0, 0.05) is 32.9 Å². The minimum atomic E-state index is -4.37. The van der Waals surface area contributed by atoms with Crippen molar-refractivity contribution in [3.63, 3.8) is 0 Å². The molecule has 152 valence electrons. The first-order valence-electron chi connectivity index (χ1n) is 8.77. The summed E-state index contributed by atoms with van der Waals surface area (Å²) in [5, 5.41) is 9.38. The number of rotatable bonds is 8. The van der Waals surface area contributed by atoms with Gasteiger partial charge in [0.1, 0.15) is 11.6 Å². The fraction of sp³-hybridized carbons (Fsp3) is 0.368. The summed E-state index contributed by atoms with van der Waals surface area (Å²) < 4.78 is 42.7. The predicted octanol–water partition coefficient (Wildman–Crippen LogP) is 3.28. The molecule has 0 amide bonds. The number of hydrogen-bond acceptors (Lipinski definition) is 4. The Morgan fingerprint density at radius 1 is 1.14 bits per heavy atom. The molecule has 0 saturated carbocycles. The summed E-state index contributed by atoms with van der Waals surface area (Å²) in [4.78, 5) is 7.93. The quantitative estimate of drug-likeness (QED) is 0.364.